The predicted molar refractivity (Wildman–Crippen MR) is 282 cm³/mol. The van der Waals surface area contributed by atoms with Crippen molar-refractivity contribution < 1.29 is 49.4 Å². The number of rotatable bonds is 26. The van der Waals surface area contributed by atoms with Crippen molar-refractivity contribution in [1.82, 2.24) is 0 Å². The first-order chi connectivity index (χ1) is 26.1. The second-order valence-electron chi connectivity index (χ2n) is 22.1. The lowest BCUT2D eigenvalue weighted by Gasteiger charge is -2.45. The summed E-state index contributed by atoms with van der Waals surface area (Å²) < 4.78 is 81.3. The monoisotopic (exact) mass is 1060 g/mol. The van der Waals surface area contributed by atoms with Crippen molar-refractivity contribution in [2.24, 2.45) is 0 Å². The Labute approximate surface area is 382 Å². The highest BCUT2D eigenvalue weighted by atomic mass is 28.5. The summed E-state index contributed by atoms with van der Waals surface area (Å²) in [6.07, 6.45) is 2.15. The SMILES string of the molecule is C[Si](C)(C)O[Si](C)(C)O[Si](C)(C)O[Si](C)(C)O[Si](C)(C)O[Si](C)(C)O[Si](C)(C)O[Si](C)(C)O[Si](C)(C)O[Si](C)(C)O[Si](C)(C)O[Si](C)(C)O[Si](C)(C)C=Cc1ccccc1. The lowest BCUT2D eigenvalue weighted by molar-refractivity contribution is 0.252. The minimum absolute atomic E-state index is 1.16. The molecule has 0 saturated carbocycles. The summed E-state index contributed by atoms with van der Waals surface area (Å²) in [5.41, 5.74) is 3.39. The highest BCUT2D eigenvalue weighted by molar-refractivity contribution is 6.94. The maximum absolute atomic E-state index is 6.87. The van der Waals surface area contributed by atoms with Crippen molar-refractivity contribution in [2.45, 2.75) is 177 Å². The molecule has 1 rings (SSSR count). The summed E-state index contributed by atoms with van der Waals surface area (Å²) >= 11 is 0. The molecule has 0 saturated heterocycles. The van der Waals surface area contributed by atoms with Gasteiger partial charge in [-0.2, -0.15) is 0 Å². The summed E-state index contributed by atoms with van der Waals surface area (Å²) in [4.78, 5) is 0. The Morgan fingerprint density at radius 3 is 0.683 bits per heavy atom. The van der Waals surface area contributed by atoms with E-state index in [-0.39, 0.29) is 0 Å². The van der Waals surface area contributed by atoms with E-state index in [0.717, 1.165) is 5.56 Å². The lowest BCUT2D eigenvalue weighted by Crippen LogP contribution is -2.62. The van der Waals surface area contributed by atoms with Crippen molar-refractivity contribution in [1.29, 1.82) is 0 Å². The third-order valence-electron chi connectivity index (χ3n) is 7.45. The summed E-state index contributed by atoms with van der Waals surface area (Å²) in [6, 6.07) is 10.3. The van der Waals surface area contributed by atoms with E-state index in [1.54, 1.807) is 0 Å². The minimum Gasteiger partial charge on any atom is -0.437 e. The second-order valence-corrected chi connectivity index (χ2v) is 70.4. The molecule has 0 spiro atoms. The molecule has 60 heavy (non-hydrogen) atoms. The van der Waals surface area contributed by atoms with E-state index >= 15 is 0 Å². The summed E-state index contributed by atoms with van der Waals surface area (Å²) in [6.45, 7) is 56.8. The van der Waals surface area contributed by atoms with E-state index in [4.69, 9.17) is 49.4 Å². The molecule has 0 heterocycles. The van der Waals surface area contributed by atoms with Gasteiger partial charge in [0.25, 0.3) is 0 Å². The topological polar surface area (TPSA) is 111 Å². The van der Waals surface area contributed by atoms with Crippen LogP contribution < -0.4 is 0 Å². The Balaban J connectivity index is 2.93. The molecule has 0 aliphatic rings. The van der Waals surface area contributed by atoms with Gasteiger partial charge in [0, 0.05) is 0 Å². The molecule has 0 aromatic heterocycles. The van der Waals surface area contributed by atoms with E-state index in [1.165, 1.54) is 0 Å². The van der Waals surface area contributed by atoms with Gasteiger partial charge in [-0.05, 0) is 182 Å². The maximum Gasteiger partial charge on any atom is 0.314 e. The standard InChI is InChI=1S/C35H88O12Si13/c1-48(2,3)36-50(6,7)38-52(10,11)40-54(14,15)42-56(18,19)44-58(22,23)46-60(26,27)47-59(24,25)45-57(20,21)43-55(16,17)41-53(12,13)39-51(8,9)37-49(4,5)34-33-35-31-29-28-30-32-35/h28-34H,1-27H3. The quantitative estimate of drug-likeness (QED) is 0.0824. The van der Waals surface area contributed by atoms with Crippen LogP contribution in [0.2, 0.25) is 177 Å². The van der Waals surface area contributed by atoms with Crippen molar-refractivity contribution in [3.63, 3.8) is 0 Å². The van der Waals surface area contributed by atoms with E-state index in [9.17, 15) is 0 Å². The Kier molecular flexibility index (Phi) is 20.4. The van der Waals surface area contributed by atoms with Crippen LogP contribution >= 0.6 is 0 Å². The molecule has 0 radical (unpaired) electrons. The first-order valence-electron chi connectivity index (χ1n) is 21.2. The predicted octanol–water partition coefficient (Wildman–Crippen LogP) is 12.2. The summed E-state index contributed by atoms with van der Waals surface area (Å²) in [5.74, 6) is 0. The van der Waals surface area contributed by atoms with E-state index in [0.29, 0.717) is 0 Å². The molecule has 0 amide bonds. The second kappa shape index (κ2) is 20.7. The molecule has 1 aromatic carbocycles. The normalized spacial score (nSPS) is 15.7. The first-order valence-corrected chi connectivity index (χ1v) is 58.6. The zero-order valence-corrected chi connectivity index (χ0v) is 55.9. The van der Waals surface area contributed by atoms with E-state index in [1.807, 2.05) is 18.2 Å². The zero-order valence-electron chi connectivity index (χ0n) is 42.9. The molecule has 352 valence electrons. The van der Waals surface area contributed by atoms with Gasteiger partial charge in [0.2, 0.25) is 8.32 Å². The maximum atomic E-state index is 6.87. The van der Waals surface area contributed by atoms with Crippen molar-refractivity contribution in [3.8, 4) is 0 Å². The molecule has 1 aromatic rings. The lowest BCUT2D eigenvalue weighted by atomic mass is 10.2. The van der Waals surface area contributed by atoms with E-state index in [2.05, 4.69) is 201 Å². The van der Waals surface area contributed by atoms with Gasteiger partial charge in [0.1, 0.15) is 0 Å². The highest BCUT2D eigenvalue weighted by Crippen LogP contribution is 2.32. The van der Waals surface area contributed by atoms with Crippen LogP contribution in [0.5, 0.6) is 0 Å². The van der Waals surface area contributed by atoms with Crippen molar-refractivity contribution in [3.05, 3.63) is 41.6 Å². The van der Waals surface area contributed by atoms with Crippen LogP contribution in [0.4, 0.5) is 0 Å². The van der Waals surface area contributed by atoms with Gasteiger partial charge in [0.05, 0.1) is 0 Å². The van der Waals surface area contributed by atoms with Crippen LogP contribution in [-0.2, 0) is 49.4 Å². The molecule has 0 aliphatic heterocycles. The Morgan fingerprint density at radius 2 is 0.467 bits per heavy atom. The van der Waals surface area contributed by atoms with Gasteiger partial charge in [-0.25, -0.2) is 0 Å². The molecule has 0 aliphatic carbocycles. The largest absolute Gasteiger partial charge is 0.437 e. The van der Waals surface area contributed by atoms with Crippen molar-refractivity contribution >= 4 is 117 Å². The van der Waals surface area contributed by atoms with Crippen LogP contribution in [0.25, 0.3) is 6.08 Å². The molecule has 0 unspecified atom stereocenters. The molecule has 0 fully saturated rings. The smallest absolute Gasteiger partial charge is 0.314 e. The van der Waals surface area contributed by atoms with Crippen LogP contribution in [0.15, 0.2) is 36.0 Å². The van der Waals surface area contributed by atoms with Gasteiger partial charge in [-0.15, -0.1) is 0 Å². The molecule has 12 nitrogen and oxygen atoms in total. The van der Waals surface area contributed by atoms with Gasteiger partial charge in [-0.1, -0.05) is 42.1 Å². The van der Waals surface area contributed by atoms with Crippen LogP contribution in [0, 0.1) is 0 Å². The van der Waals surface area contributed by atoms with Gasteiger partial charge < -0.3 is 49.4 Å². The summed E-state index contributed by atoms with van der Waals surface area (Å²) in [5, 5.41) is 0. The van der Waals surface area contributed by atoms with E-state index < -0.39 is 111 Å². The van der Waals surface area contributed by atoms with Crippen LogP contribution in [-0.4, -0.2) is 111 Å². The minimum atomic E-state index is -2.76. The summed E-state index contributed by atoms with van der Waals surface area (Å²) in [7, 11) is -33.3. The molecule has 0 atom stereocenters. The Bertz CT molecular complexity index is 1550. The van der Waals surface area contributed by atoms with Gasteiger partial charge in [-0.3, -0.25) is 0 Å². The number of benzene rings is 1. The molecule has 0 bridgehead atoms. The molecule has 0 N–H and O–H groups in total. The molecular weight excluding hydrogens is 977 g/mol. The Morgan fingerprint density at radius 1 is 0.267 bits per heavy atom. The van der Waals surface area contributed by atoms with Crippen molar-refractivity contribution in [2.75, 3.05) is 0 Å². The molecule has 25 heteroatoms. The van der Waals surface area contributed by atoms with Gasteiger partial charge >= 0.3 is 94.2 Å². The fourth-order valence-corrected chi connectivity index (χ4v) is 73.6. The number of hydrogen-bond acceptors (Lipinski definition) is 12. The van der Waals surface area contributed by atoms with Gasteiger partial charge in [0.15, 0.2) is 8.32 Å². The average Bonchev–Trinajstić information content (AvgIpc) is 2.82. The average molecular weight is 1070 g/mol. The zero-order chi connectivity index (χ0) is 47.5. The fraction of sp³-hybridized carbons (Fsp3) is 0.771. The molecular formula is C35H88O12Si13. The third kappa shape index (κ3) is 26.4. The highest BCUT2D eigenvalue weighted by Gasteiger charge is 2.52. The third-order valence-corrected chi connectivity index (χ3v) is 56.2. The number of hydrogen-bond donors (Lipinski definition) is 0. The Hall–Kier alpha value is 1.30. The van der Waals surface area contributed by atoms with Crippen LogP contribution in [0.1, 0.15) is 5.56 Å². The fourth-order valence-electron chi connectivity index (χ4n) is 8.41. The van der Waals surface area contributed by atoms with Crippen LogP contribution in [0.3, 0.4) is 0 Å². The first kappa shape index (κ1) is 59.3.